The molecule has 0 amide bonds. The molecule has 0 radical (unpaired) electrons. The van der Waals surface area contributed by atoms with Gasteiger partial charge in [-0.25, -0.2) is 19.9 Å². The molecule has 0 aromatic carbocycles. The maximum absolute atomic E-state index is 4.82. The second-order valence-corrected chi connectivity index (χ2v) is 8.37. The van der Waals surface area contributed by atoms with Crippen LogP contribution < -0.4 is 10.6 Å². The predicted molar refractivity (Wildman–Crippen MR) is 117 cm³/mol. The molecule has 4 heterocycles. The normalized spacial score (nSPS) is 16.0. The van der Waals surface area contributed by atoms with Crippen LogP contribution in [-0.2, 0) is 13.0 Å². The third kappa shape index (κ3) is 3.57. The van der Waals surface area contributed by atoms with Gasteiger partial charge in [-0.05, 0) is 32.4 Å². The lowest BCUT2D eigenvalue weighted by molar-refractivity contribution is 0.233. The van der Waals surface area contributed by atoms with Crippen molar-refractivity contribution in [2.75, 3.05) is 31.5 Å². The molecule has 5 rings (SSSR count). The van der Waals surface area contributed by atoms with E-state index in [-0.39, 0.29) is 0 Å². The van der Waals surface area contributed by atoms with Crippen LogP contribution in [0.15, 0.2) is 24.5 Å². The second-order valence-electron chi connectivity index (χ2n) is 8.37. The van der Waals surface area contributed by atoms with Crippen LogP contribution in [0.25, 0.3) is 11.4 Å². The molecule has 1 aliphatic heterocycles. The van der Waals surface area contributed by atoms with Crippen molar-refractivity contribution >= 4 is 11.8 Å². The summed E-state index contributed by atoms with van der Waals surface area (Å²) in [4.78, 5) is 21.1. The summed E-state index contributed by atoms with van der Waals surface area (Å²) in [5, 5.41) is 6.65. The van der Waals surface area contributed by atoms with E-state index >= 15 is 0 Å². The van der Waals surface area contributed by atoms with Gasteiger partial charge in [0, 0.05) is 63.1 Å². The molecule has 2 aliphatic rings. The smallest absolute Gasteiger partial charge is 0.228 e. The van der Waals surface area contributed by atoms with Gasteiger partial charge in [-0.3, -0.25) is 4.90 Å². The number of piperazine rings is 1. The third-order valence-corrected chi connectivity index (χ3v) is 5.80. The summed E-state index contributed by atoms with van der Waals surface area (Å²) < 4.78 is 2.26. The Morgan fingerprint density at radius 1 is 1.10 bits per heavy atom. The molecule has 0 saturated carbocycles. The van der Waals surface area contributed by atoms with Gasteiger partial charge in [-0.1, -0.05) is 6.07 Å². The molecule has 1 fully saturated rings. The zero-order valence-corrected chi connectivity index (χ0v) is 17.8. The van der Waals surface area contributed by atoms with Crippen molar-refractivity contribution in [2.45, 2.75) is 39.8 Å². The number of nitrogens with zero attached hydrogens (tertiary/aromatic N) is 6. The van der Waals surface area contributed by atoms with E-state index in [1.165, 1.54) is 5.56 Å². The molecule has 1 saturated heterocycles. The highest BCUT2D eigenvalue weighted by atomic mass is 15.2. The van der Waals surface area contributed by atoms with Gasteiger partial charge >= 0.3 is 0 Å². The molecule has 8 nitrogen and oxygen atoms in total. The molecule has 2 N–H and O–H groups in total. The summed E-state index contributed by atoms with van der Waals surface area (Å²) in [7, 11) is 0. The predicted octanol–water partition coefficient (Wildman–Crippen LogP) is 2.68. The lowest BCUT2D eigenvalue weighted by Gasteiger charge is -2.27. The number of imidazole rings is 1. The summed E-state index contributed by atoms with van der Waals surface area (Å²) in [6.07, 6.45) is 4.64. The average molecular weight is 405 g/mol. The molecule has 8 heteroatoms. The molecule has 156 valence electrons. The van der Waals surface area contributed by atoms with E-state index in [1.54, 1.807) is 0 Å². The Balaban J connectivity index is 1.34. The maximum atomic E-state index is 4.82. The average Bonchev–Trinajstić information content (AvgIpc) is 3.24. The molecule has 0 atom stereocenters. The van der Waals surface area contributed by atoms with Crippen molar-refractivity contribution in [3.8, 4) is 11.4 Å². The van der Waals surface area contributed by atoms with Gasteiger partial charge in [0.2, 0.25) is 5.95 Å². The first-order chi connectivity index (χ1) is 14.6. The van der Waals surface area contributed by atoms with Crippen LogP contribution in [-0.4, -0.2) is 55.6 Å². The number of aromatic nitrogens is 5. The Morgan fingerprint density at radius 3 is 2.67 bits per heavy atom. The van der Waals surface area contributed by atoms with E-state index < -0.39 is 0 Å². The van der Waals surface area contributed by atoms with Gasteiger partial charge in [0.1, 0.15) is 11.6 Å². The Labute approximate surface area is 176 Å². The fourth-order valence-electron chi connectivity index (χ4n) is 4.42. The summed E-state index contributed by atoms with van der Waals surface area (Å²) in [6, 6.07) is 4.46. The number of nitrogens with one attached hydrogen (secondary N) is 2. The third-order valence-electron chi connectivity index (χ3n) is 5.80. The number of hydrogen-bond donors (Lipinski definition) is 2. The number of pyridine rings is 1. The number of anilines is 2. The highest BCUT2D eigenvalue weighted by Crippen LogP contribution is 2.37. The Bertz CT molecular complexity index is 1050. The maximum Gasteiger partial charge on any atom is 0.228 e. The largest absolute Gasteiger partial charge is 0.324 e. The monoisotopic (exact) mass is 404 g/mol. The van der Waals surface area contributed by atoms with Gasteiger partial charge in [0.15, 0.2) is 0 Å². The highest BCUT2D eigenvalue weighted by Gasteiger charge is 2.28. The Kier molecular flexibility index (Phi) is 4.96. The van der Waals surface area contributed by atoms with E-state index in [1.807, 2.05) is 18.5 Å². The molecule has 1 aliphatic carbocycles. The van der Waals surface area contributed by atoms with Gasteiger partial charge in [-0.2, -0.15) is 0 Å². The molecule has 0 unspecified atom stereocenters. The van der Waals surface area contributed by atoms with Gasteiger partial charge in [0.25, 0.3) is 0 Å². The molecular weight excluding hydrogens is 376 g/mol. The summed E-state index contributed by atoms with van der Waals surface area (Å²) >= 11 is 0. The molecule has 30 heavy (non-hydrogen) atoms. The molecule has 3 aromatic heterocycles. The minimum Gasteiger partial charge on any atom is -0.324 e. The number of fused-ring (bicyclic) bond motifs is 3. The lowest BCUT2D eigenvalue weighted by Crippen LogP contribution is -2.42. The van der Waals surface area contributed by atoms with Crippen molar-refractivity contribution in [1.29, 1.82) is 0 Å². The first-order valence-corrected chi connectivity index (χ1v) is 10.7. The van der Waals surface area contributed by atoms with Gasteiger partial charge < -0.3 is 15.2 Å². The number of rotatable bonds is 5. The zero-order chi connectivity index (χ0) is 20.7. The molecule has 3 aromatic rings. The van der Waals surface area contributed by atoms with Crippen molar-refractivity contribution in [3.63, 3.8) is 0 Å². The Hall–Kier alpha value is -2.84. The van der Waals surface area contributed by atoms with E-state index in [4.69, 9.17) is 9.97 Å². The summed E-state index contributed by atoms with van der Waals surface area (Å²) in [6.45, 7) is 11.6. The highest BCUT2D eigenvalue weighted by molar-refractivity contribution is 5.70. The fraction of sp³-hybridized carbons (Fsp3) is 0.455. The topological polar surface area (TPSA) is 83.8 Å². The SMILES string of the molecule is Cc1nc2c(n1C(C)C)-c1nc(Nc3ccc(CN4CCNCC4)cn3)ncc1C2. The van der Waals surface area contributed by atoms with E-state index in [0.29, 0.717) is 12.0 Å². The van der Waals surface area contributed by atoms with Crippen molar-refractivity contribution in [3.05, 3.63) is 47.2 Å². The van der Waals surface area contributed by atoms with Crippen LogP contribution in [0.1, 0.15) is 42.5 Å². The van der Waals surface area contributed by atoms with Crippen LogP contribution in [0.5, 0.6) is 0 Å². The minimum atomic E-state index is 0.337. The van der Waals surface area contributed by atoms with Crippen LogP contribution in [0.4, 0.5) is 11.8 Å². The van der Waals surface area contributed by atoms with Crippen molar-refractivity contribution < 1.29 is 0 Å². The minimum absolute atomic E-state index is 0.337. The molecular formula is C22H28N8. The van der Waals surface area contributed by atoms with E-state index in [0.717, 1.165) is 73.4 Å². The quantitative estimate of drug-likeness (QED) is 0.529. The van der Waals surface area contributed by atoms with Crippen molar-refractivity contribution in [2.24, 2.45) is 0 Å². The number of aryl methyl sites for hydroxylation is 1. The van der Waals surface area contributed by atoms with Crippen LogP contribution >= 0.6 is 0 Å². The standard InChI is InChI=1S/C22H28N8/c1-14(2)30-15(3)26-18-10-17-12-25-22(28-20(17)21(18)30)27-19-5-4-16(11-24-19)13-29-8-6-23-7-9-29/h4-5,11-12,14,23H,6-10,13H2,1-3H3,(H,24,25,27,28). The first kappa shape index (κ1) is 19.1. The Morgan fingerprint density at radius 2 is 1.93 bits per heavy atom. The molecule has 0 bridgehead atoms. The number of hydrogen-bond acceptors (Lipinski definition) is 7. The van der Waals surface area contributed by atoms with E-state index in [2.05, 4.69) is 56.9 Å². The lowest BCUT2D eigenvalue weighted by atomic mass is 10.2. The van der Waals surface area contributed by atoms with Crippen LogP contribution in [0, 0.1) is 6.92 Å². The molecule has 0 spiro atoms. The first-order valence-electron chi connectivity index (χ1n) is 10.7. The van der Waals surface area contributed by atoms with Crippen molar-refractivity contribution in [1.82, 2.24) is 34.7 Å². The van der Waals surface area contributed by atoms with E-state index in [9.17, 15) is 0 Å². The zero-order valence-electron chi connectivity index (χ0n) is 17.8. The van der Waals surface area contributed by atoms with Crippen LogP contribution in [0.2, 0.25) is 0 Å². The fourth-order valence-corrected chi connectivity index (χ4v) is 4.42. The van der Waals surface area contributed by atoms with Crippen LogP contribution in [0.3, 0.4) is 0 Å². The van der Waals surface area contributed by atoms with Gasteiger partial charge in [-0.15, -0.1) is 0 Å². The summed E-state index contributed by atoms with van der Waals surface area (Å²) in [5.41, 5.74) is 5.55. The summed E-state index contributed by atoms with van der Waals surface area (Å²) in [5.74, 6) is 2.36. The second kappa shape index (κ2) is 7.77. The van der Waals surface area contributed by atoms with Gasteiger partial charge in [0.05, 0.1) is 17.1 Å².